The molecule has 0 aromatic heterocycles. The normalized spacial score (nSPS) is 18.1. The first kappa shape index (κ1) is 22.9. The molecular weight excluding hydrogens is 377 g/mol. The van der Waals surface area contributed by atoms with Crippen molar-refractivity contribution in [1.82, 2.24) is 5.32 Å². The number of nitrogens with one attached hydrogen (secondary N) is 1. The number of rotatable bonds is 7. The number of dihydropyridines is 1. The van der Waals surface area contributed by atoms with Gasteiger partial charge in [0.15, 0.2) is 0 Å². The van der Waals surface area contributed by atoms with Crippen molar-refractivity contribution in [3.8, 4) is 0 Å². The van der Waals surface area contributed by atoms with Crippen molar-refractivity contribution in [1.29, 1.82) is 0 Å². The van der Waals surface area contributed by atoms with E-state index in [2.05, 4.69) is 0 Å². The van der Waals surface area contributed by atoms with Crippen LogP contribution >= 0.6 is 0 Å². The van der Waals surface area contributed by atoms with Crippen molar-refractivity contribution in [2.75, 3.05) is 13.2 Å². The molecule has 27 heavy (non-hydrogen) atoms. The van der Waals surface area contributed by atoms with E-state index in [0.717, 1.165) is 0 Å². The van der Waals surface area contributed by atoms with Crippen LogP contribution in [0.1, 0.15) is 34.1 Å². The van der Waals surface area contributed by atoms with Crippen molar-refractivity contribution < 1.29 is 41.0 Å². The molecule has 0 saturated carbocycles. The Morgan fingerprint density at radius 3 is 2.00 bits per heavy atom. The lowest BCUT2D eigenvalue weighted by Gasteiger charge is -2.33. The molecule has 0 aliphatic carbocycles. The summed E-state index contributed by atoms with van der Waals surface area (Å²) in [7, 11) is 0. The number of allylic oxidation sites excluding steroid dienone is 1. The fourth-order valence-corrected chi connectivity index (χ4v) is 2.69. The Labute approximate surface area is 153 Å². The van der Waals surface area contributed by atoms with Crippen molar-refractivity contribution in [3.05, 3.63) is 22.4 Å². The molecule has 5 nitrogen and oxygen atoms in total. The second kappa shape index (κ2) is 9.18. The van der Waals surface area contributed by atoms with Crippen molar-refractivity contribution in [3.63, 3.8) is 0 Å². The van der Waals surface area contributed by atoms with Gasteiger partial charge in [-0.15, -0.1) is 0 Å². The average Bonchev–Trinajstić information content (AvgIpc) is 2.52. The molecule has 0 radical (unpaired) electrons. The maximum Gasteiger partial charge on any atom is 0.431 e. The summed E-state index contributed by atoms with van der Waals surface area (Å²) in [6, 6.07) is -2.26. The number of alkyl halides is 5. The van der Waals surface area contributed by atoms with Crippen LogP contribution in [0, 0.1) is 5.92 Å². The van der Waals surface area contributed by atoms with E-state index in [9.17, 15) is 31.5 Å². The molecule has 0 aromatic rings. The first-order chi connectivity index (χ1) is 12.4. The highest BCUT2D eigenvalue weighted by atomic mass is 19.4. The Bertz CT molecular complexity index is 638. The van der Waals surface area contributed by atoms with E-state index >= 15 is 0 Å². The minimum Gasteiger partial charge on any atom is -0.463 e. The Balaban J connectivity index is 3.83. The van der Waals surface area contributed by atoms with E-state index in [1.165, 1.54) is 13.8 Å². The molecule has 0 fully saturated rings. The molecule has 0 spiro atoms. The fraction of sp³-hybridized carbons (Fsp3) is 0.647. The van der Waals surface area contributed by atoms with Gasteiger partial charge in [0.2, 0.25) is 0 Å². The van der Waals surface area contributed by atoms with Crippen LogP contribution in [0.5, 0.6) is 0 Å². The third-order valence-corrected chi connectivity index (χ3v) is 3.61. The van der Waals surface area contributed by atoms with Crippen LogP contribution in [0.15, 0.2) is 22.4 Å². The molecule has 1 unspecified atom stereocenters. The molecule has 1 aliphatic rings. The lowest BCUT2D eigenvalue weighted by atomic mass is 9.84. The molecule has 1 N–H and O–H groups in total. The monoisotopic (exact) mass is 399 g/mol. The Morgan fingerprint density at radius 2 is 1.59 bits per heavy atom. The summed E-state index contributed by atoms with van der Waals surface area (Å²) in [5.41, 5.74) is -3.72. The van der Waals surface area contributed by atoms with E-state index < -0.39 is 53.0 Å². The third kappa shape index (κ3) is 5.43. The number of esters is 2. The van der Waals surface area contributed by atoms with E-state index in [-0.39, 0.29) is 25.6 Å². The number of hydrogen-bond acceptors (Lipinski definition) is 5. The molecule has 0 saturated heterocycles. The first-order valence-corrected chi connectivity index (χ1v) is 8.39. The maximum atomic E-state index is 13.5. The number of halogens is 5. The highest BCUT2D eigenvalue weighted by Crippen LogP contribution is 2.39. The van der Waals surface area contributed by atoms with Crippen LogP contribution in [0.2, 0.25) is 0 Å². The van der Waals surface area contributed by atoms with Crippen LogP contribution < -0.4 is 5.32 Å². The Kier molecular flexibility index (Phi) is 7.79. The highest BCUT2D eigenvalue weighted by Gasteiger charge is 2.48. The van der Waals surface area contributed by atoms with Crippen LogP contribution in [0.4, 0.5) is 22.0 Å². The minimum absolute atomic E-state index is 0.169. The zero-order valence-corrected chi connectivity index (χ0v) is 15.4. The zero-order valence-electron chi connectivity index (χ0n) is 15.4. The van der Waals surface area contributed by atoms with Gasteiger partial charge in [-0.25, -0.2) is 18.4 Å². The first-order valence-electron chi connectivity index (χ1n) is 8.39. The number of hydrogen-bond donors (Lipinski definition) is 1. The van der Waals surface area contributed by atoms with Gasteiger partial charge in [0, 0.05) is 0 Å². The topological polar surface area (TPSA) is 64.6 Å². The summed E-state index contributed by atoms with van der Waals surface area (Å²) in [4.78, 5) is 24.5. The third-order valence-electron chi connectivity index (χ3n) is 3.61. The van der Waals surface area contributed by atoms with Gasteiger partial charge in [-0.05, 0) is 31.8 Å². The van der Waals surface area contributed by atoms with Gasteiger partial charge in [-0.3, -0.25) is 0 Å². The summed E-state index contributed by atoms with van der Waals surface area (Å²) in [6.45, 7) is 5.66. The molecule has 1 heterocycles. The number of ether oxygens (including phenoxy) is 2. The molecular formula is C17H22F5NO4. The van der Waals surface area contributed by atoms with Gasteiger partial charge in [0.1, 0.15) is 11.7 Å². The van der Waals surface area contributed by atoms with E-state index in [1.807, 2.05) is 0 Å². The molecule has 1 aliphatic heterocycles. The predicted molar refractivity (Wildman–Crippen MR) is 85.8 cm³/mol. The standard InChI is InChI=1S/C17H22F5NO4/c1-5-26-15(24)10-9(7-8(3)4)11(16(25)27-6-2)13(17(20,21)22)23-12(10)14(18)19/h8,12,14,23H,5-7H2,1-4H3. The fourth-order valence-electron chi connectivity index (χ4n) is 2.69. The second-order valence-electron chi connectivity index (χ2n) is 6.14. The van der Waals surface area contributed by atoms with Crippen molar-refractivity contribution >= 4 is 11.9 Å². The molecule has 154 valence electrons. The van der Waals surface area contributed by atoms with Gasteiger partial charge in [-0.1, -0.05) is 13.8 Å². The van der Waals surface area contributed by atoms with Gasteiger partial charge < -0.3 is 14.8 Å². The Morgan fingerprint density at radius 1 is 1.07 bits per heavy atom. The summed E-state index contributed by atoms with van der Waals surface area (Å²) >= 11 is 0. The zero-order chi connectivity index (χ0) is 20.9. The summed E-state index contributed by atoms with van der Waals surface area (Å²) in [5, 5.41) is 1.62. The average molecular weight is 399 g/mol. The number of carbonyl (C=O) groups excluding carboxylic acids is 2. The molecule has 0 amide bonds. The van der Waals surface area contributed by atoms with Crippen LogP contribution in [0.25, 0.3) is 0 Å². The van der Waals surface area contributed by atoms with Gasteiger partial charge in [-0.2, -0.15) is 13.2 Å². The highest BCUT2D eigenvalue weighted by molar-refractivity contribution is 6.01. The predicted octanol–water partition coefficient (Wildman–Crippen LogP) is 3.51. The van der Waals surface area contributed by atoms with Crippen LogP contribution in [0.3, 0.4) is 0 Å². The van der Waals surface area contributed by atoms with E-state index in [4.69, 9.17) is 9.47 Å². The lowest BCUT2D eigenvalue weighted by molar-refractivity contribution is -0.141. The smallest absolute Gasteiger partial charge is 0.431 e. The largest absolute Gasteiger partial charge is 0.463 e. The molecule has 10 heteroatoms. The van der Waals surface area contributed by atoms with Crippen molar-refractivity contribution in [2.45, 2.75) is 52.8 Å². The van der Waals surface area contributed by atoms with E-state index in [0.29, 0.717) is 0 Å². The Hall–Kier alpha value is -2.13. The van der Waals surface area contributed by atoms with E-state index in [1.54, 1.807) is 19.2 Å². The summed E-state index contributed by atoms with van der Waals surface area (Å²) in [6.07, 6.45) is -8.68. The SMILES string of the molecule is CCOC(=O)C1=C(C(F)(F)F)NC(C(F)F)C(C(=O)OCC)=C1CC(C)C. The maximum absolute atomic E-state index is 13.5. The molecule has 0 bridgehead atoms. The van der Waals surface area contributed by atoms with Gasteiger partial charge >= 0.3 is 18.1 Å². The number of carbonyl (C=O) groups is 2. The van der Waals surface area contributed by atoms with Crippen LogP contribution in [-0.2, 0) is 19.1 Å². The van der Waals surface area contributed by atoms with Gasteiger partial charge in [0.25, 0.3) is 6.43 Å². The minimum atomic E-state index is -5.13. The summed E-state index contributed by atoms with van der Waals surface area (Å²) in [5.74, 6) is -2.88. The second-order valence-corrected chi connectivity index (χ2v) is 6.14. The molecule has 1 atom stereocenters. The van der Waals surface area contributed by atoms with Crippen LogP contribution in [-0.4, -0.2) is 43.8 Å². The molecule has 1 rings (SSSR count). The quantitative estimate of drug-likeness (QED) is 0.524. The van der Waals surface area contributed by atoms with Crippen molar-refractivity contribution in [2.24, 2.45) is 5.92 Å². The summed E-state index contributed by atoms with van der Waals surface area (Å²) < 4.78 is 77.0. The van der Waals surface area contributed by atoms with Gasteiger partial charge in [0.05, 0.1) is 24.4 Å². The molecule has 0 aromatic carbocycles. The lowest BCUT2D eigenvalue weighted by Crippen LogP contribution is -2.48.